The second-order valence-corrected chi connectivity index (χ2v) is 7.58. The maximum Gasteiger partial charge on any atom is 0.227 e. The number of piperazine rings is 1. The van der Waals surface area contributed by atoms with Gasteiger partial charge in [0.15, 0.2) is 0 Å². The third kappa shape index (κ3) is 5.31. The molecule has 0 aromatic heterocycles. The second kappa shape index (κ2) is 9.17. The van der Waals surface area contributed by atoms with Crippen LogP contribution in [0.1, 0.15) is 36.8 Å². The highest BCUT2D eigenvalue weighted by atomic mass is 16.2. The Bertz CT molecular complexity index is 617. The Hall–Kier alpha value is -1.88. The molecule has 0 atom stereocenters. The molecule has 0 N–H and O–H groups in total. The van der Waals surface area contributed by atoms with Crippen LogP contribution in [0.25, 0.3) is 0 Å². The van der Waals surface area contributed by atoms with E-state index in [1.54, 1.807) is 0 Å². The van der Waals surface area contributed by atoms with Gasteiger partial charge in [-0.15, -0.1) is 0 Å². The average molecular weight is 357 g/mol. The lowest BCUT2D eigenvalue weighted by Gasteiger charge is -2.35. The molecule has 0 aliphatic carbocycles. The molecule has 0 radical (unpaired) electrons. The summed E-state index contributed by atoms with van der Waals surface area (Å²) in [6.07, 6.45) is 4.63. The maximum atomic E-state index is 12.5. The molecule has 2 amide bonds. The molecular formula is C21H31N3O2. The number of aryl methyl sites for hydroxylation is 1. The van der Waals surface area contributed by atoms with Gasteiger partial charge in [-0.2, -0.15) is 0 Å². The zero-order chi connectivity index (χ0) is 18.4. The van der Waals surface area contributed by atoms with E-state index in [2.05, 4.69) is 24.0 Å². The highest BCUT2D eigenvalue weighted by Gasteiger charge is 2.22. The van der Waals surface area contributed by atoms with Gasteiger partial charge in [-0.3, -0.25) is 14.5 Å². The van der Waals surface area contributed by atoms with E-state index in [-0.39, 0.29) is 5.91 Å². The average Bonchev–Trinajstić information content (AvgIpc) is 2.67. The van der Waals surface area contributed by atoms with Crippen molar-refractivity contribution in [1.29, 1.82) is 0 Å². The highest BCUT2D eigenvalue weighted by Crippen LogP contribution is 2.12. The lowest BCUT2D eigenvalue weighted by atomic mass is 10.1. The Morgan fingerprint density at radius 1 is 0.885 bits per heavy atom. The zero-order valence-corrected chi connectivity index (χ0v) is 16.0. The summed E-state index contributed by atoms with van der Waals surface area (Å²) in [5.74, 6) is 0.502. The van der Waals surface area contributed by atoms with E-state index in [0.29, 0.717) is 18.7 Å². The molecule has 2 aliphatic heterocycles. The number of piperidine rings is 1. The minimum Gasteiger partial charge on any atom is -0.343 e. The predicted molar refractivity (Wildman–Crippen MR) is 103 cm³/mol. The molecule has 26 heavy (non-hydrogen) atoms. The number of rotatable bonds is 5. The second-order valence-electron chi connectivity index (χ2n) is 7.58. The Morgan fingerprint density at radius 3 is 2.27 bits per heavy atom. The molecular weight excluding hydrogens is 326 g/mol. The molecule has 1 aromatic rings. The number of benzene rings is 1. The van der Waals surface area contributed by atoms with Gasteiger partial charge in [0, 0.05) is 52.2 Å². The molecule has 2 aliphatic rings. The van der Waals surface area contributed by atoms with Crippen LogP contribution in [-0.2, 0) is 16.0 Å². The molecule has 2 saturated heterocycles. The summed E-state index contributed by atoms with van der Waals surface area (Å²) in [6.45, 7) is 8.00. The van der Waals surface area contributed by atoms with Crippen molar-refractivity contribution >= 4 is 11.8 Å². The van der Waals surface area contributed by atoms with Crippen molar-refractivity contribution in [1.82, 2.24) is 14.7 Å². The van der Waals surface area contributed by atoms with Crippen LogP contribution in [0.4, 0.5) is 0 Å². The third-order valence-corrected chi connectivity index (χ3v) is 5.51. The van der Waals surface area contributed by atoms with Crippen LogP contribution in [0.15, 0.2) is 24.3 Å². The van der Waals surface area contributed by atoms with Crippen LogP contribution in [0.3, 0.4) is 0 Å². The van der Waals surface area contributed by atoms with Gasteiger partial charge >= 0.3 is 0 Å². The molecule has 1 aromatic carbocycles. The van der Waals surface area contributed by atoms with Crippen molar-refractivity contribution in [3.05, 3.63) is 35.4 Å². The van der Waals surface area contributed by atoms with Crippen LogP contribution in [0, 0.1) is 6.92 Å². The van der Waals surface area contributed by atoms with Crippen LogP contribution >= 0.6 is 0 Å². The fourth-order valence-electron chi connectivity index (χ4n) is 3.88. The van der Waals surface area contributed by atoms with E-state index in [9.17, 15) is 9.59 Å². The van der Waals surface area contributed by atoms with Crippen molar-refractivity contribution in [3.8, 4) is 0 Å². The lowest BCUT2D eigenvalue weighted by molar-refractivity contribution is -0.134. The van der Waals surface area contributed by atoms with Crippen LogP contribution in [-0.4, -0.2) is 72.3 Å². The molecule has 0 spiro atoms. The van der Waals surface area contributed by atoms with Crippen molar-refractivity contribution < 1.29 is 9.59 Å². The number of carbonyl (C=O) groups excluding carboxylic acids is 2. The number of hydrogen-bond acceptors (Lipinski definition) is 3. The van der Waals surface area contributed by atoms with Gasteiger partial charge in [-0.25, -0.2) is 0 Å². The monoisotopic (exact) mass is 357 g/mol. The first-order chi connectivity index (χ1) is 12.6. The Balaban J connectivity index is 1.38. The van der Waals surface area contributed by atoms with Gasteiger partial charge in [0.1, 0.15) is 0 Å². The normalized spacial score (nSPS) is 18.8. The van der Waals surface area contributed by atoms with E-state index < -0.39 is 0 Å². The SMILES string of the molecule is Cc1cccc(CC(=O)N2CCN(CCC(=O)N3CCCCC3)CC2)c1. The van der Waals surface area contributed by atoms with Gasteiger partial charge in [0.2, 0.25) is 11.8 Å². The van der Waals surface area contributed by atoms with Gasteiger partial charge in [-0.05, 0) is 31.7 Å². The Kier molecular flexibility index (Phi) is 6.67. The number of likely N-dealkylation sites (tertiary alicyclic amines) is 1. The number of nitrogens with zero attached hydrogens (tertiary/aromatic N) is 3. The molecule has 2 heterocycles. The van der Waals surface area contributed by atoms with E-state index in [1.165, 1.54) is 12.0 Å². The summed E-state index contributed by atoms with van der Waals surface area (Å²) >= 11 is 0. The first-order valence-corrected chi connectivity index (χ1v) is 9.95. The summed E-state index contributed by atoms with van der Waals surface area (Å²) in [6, 6.07) is 8.17. The largest absolute Gasteiger partial charge is 0.343 e. The third-order valence-electron chi connectivity index (χ3n) is 5.51. The number of hydrogen-bond donors (Lipinski definition) is 0. The van der Waals surface area contributed by atoms with Crippen LogP contribution in [0.5, 0.6) is 0 Å². The summed E-state index contributed by atoms with van der Waals surface area (Å²) in [7, 11) is 0. The fourth-order valence-corrected chi connectivity index (χ4v) is 3.88. The smallest absolute Gasteiger partial charge is 0.227 e. The minimum absolute atomic E-state index is 0.208. The molecule has 142 valence electrons. The number of amides is 2. The summed E-state index contributed by atoms with van der Waals surface area (Å²) < 4.78 is 0. The first kappa shape index (κ1) is 18.9. The molecule has 0 unspecified atom stereocenters. The van der Waals surface area contributed by atoms with Gasteiger partial charge < -0.3 is 9.80 Å². The molecule has 0 bridgehead atoms. The van der Waals surface area contributed by atoms with Crippen molar-refractivity contribution in [2.45, 2.75) is 39.0 Å². The van der Waals surface area contributed by atoms with E-state index >= 15 is 0 Å². The quantitative estimate of drug-likeness (QED) is 0.810. The topological polar surface area (TPSA) is 43.9 Å². The van der Waals surface area contributed by atoms with Gasteiger partial charge in [0.05, 0.1) is 6.42 Å². The molecule has 5 nitrogen and oxygen atoms in total. The minimum atomic E-state index is 0.208. The maximum absolute atomic E-state index is 12.5. The Labute approximate surface area is 156 Å². The molecule has 0 saturated carbocycles. The lowest BCUT2D eigenvalue weighted by Crippen LogP contribution is -2.50. The van der Waals surface area contributed by atoms with E-state index in [0.717, 1.165) is 64.2 Å². The predicted octanol–water partition coefficient (Wildman–Crippen LogP) is 2.08. The van der Waals surface area contributed by atoms with Crippen LogP contribution < -0.4 is 0 Å². The first-order valence-electron chi connectivity index (χ1n) is 9.95. The van der Waals surface area contributed by atoms with Crippen molar-refractivity contribution in [2.24, 2.45) is 0 Å². The fraction of sp³-hybridized carbons (Fsp3) is 0.619. The standard InChI is InChI=1S/C21H31N3O2/c1-18-6-5-7-19(16-18)17-21(26)24-14-12-22(13-15-24)11-8-20(25)23-9-3-2-4-10-23/h5-7,16H,2-4,8-15,17H2,1H3. The van der Waals surface area contributed by atoms with Crippen molar-refractivity contribution in [2.75, 3.05) is 45.8 Å². The van der Waals surface area contributed by atoms with Gasteiger partial charge in [0.25, 0.3) is 0 Å². The summed E-state index contributed by atoms with van der Waals surface area (Å²) in [4.78, 5) is 31.1. The highest BCUT2D eigenvalue weighted by molar-refractivity contribution is 5.79. The summed E-state index contributed by atoms with van der Waals surface area (Å²) in [5, 5.41) is 0. The Morgan fingerprint density at radius 2 is 1.58 bits per heavy atom. The zero-order valence-electron chi connectivity index (χ0n) is 16.0. The molecule has 2 fully saturated rings. The van der Waals surface area contributed by atoms with E-state index in [1.807, 2.05) is 21.9 Å². The van der Waals surface area contributed by atoms with E-state index in [4.69, 9.17) is 0 Å². The van der Waals surface area contributed by atoms with Crippen LogP contribution in [0.2, 0.25) is 0 Å². The molecule has 5 heteroatoms. The van der Waals surface area contributed by atoms with Crippen molar-refractivity contribution in [3.63, 3.8) is 0 Å². The molecule has 3 rings (SSSR count). The summed E-state index contributed by atoms with van der Waals surface area (Å²) in [5.41, 5.74) is 2.28. The number of carbonyl (C=O) groups is 2. The van der Waals surface area contributed by atoms with Gasteiger partial charge in [-0.1, -0.05) is 29.8 Å².